The Morgan fingerprint density at radius 3 is 2.86 bits per heavy atom. The van der Waals surface area contributed by atoms with E-state index >= 15 is 0 Å². The van der Waals surface area contributed by atoms with E-state index in [0.29, 0.717) is 12.6 Å². The van der Waals surface area contributed by atoms with Crippen molar-refractivity contribution in [1.82, 2.24) is 9.80 Å². The van der Waals surface area contributed by atoms with E-state index in [1.807, 2.05) is 18.2 Å². The molecule has 0 N–H and O–H groups in total. The minimum absolute atomic E-state index is 0.162. The summed E-state index contributed by atoms with van der Waals surface area (Å²) in [5, 5.41) is 0. The molecule has 1 aromatic rings. The summed E-state index contributed by atoms with van der Waals surface area (Å²) in [6, 6.07) is 5.91. The highest BCUT2D eigenvalue weighted by Gasteiger charge is 2.22. The number of hydrogen-bond donors (Lipinski definition) is 0. The van der Waals surface area contributed by atoms with Crippen molar-refractivity contribution in [3.05, 3.63) is 28.2 Å². The van der Waals surface area contributed by atoms with E-state index in [0.717, 1.165) is 41.8 Å². The Morgan fingerprint density at radius 1 is 1.43 bits per heavy atom. The molecule has 0 saturated carbocycles. The fourth-order valence-electron chi connectivity index (χ4n) is 2.77. The third kappa shape index (κ3) is 4.28. The maximum Gasteiger partial charge on any atom is 0.176 e. The Kier molecular flexibility index (Phi) is 5.79. The number of nitrogens with zero attached hydrogens (tertiary/aromatic N) is 2. The summed E-state index contributed by atoms with van der Waals surface area (Å²) in [4.78, 5) is 17.1. The first-order valence-electron chi connectivity index (χ1n) is 7.30. The van der Waals surface area contributed by atoms with Crippen molar-refractivity contribution in [2.24, 2.45) is 0 Å². The lowest BCUT2D eigenvalue weighted by Crippen LogP contribution is -2.40. The zero-order valence-corrected chi connectivity index (χ0v) is 14.5. The topological polar surface area (TPSA) is 32.8 Å². The van der Waals surface area contributed by atoms with Crippen LogP contribution in [-0.2, 0) is 0 Å². The zero-order valence-electron chi connectivity index (χ0n) is 12.9. The summed E-state index contributed by atoms with van der Waals surface area (Å²) >= 11 is 3.44. The van der Waals surface area contributed by atoms with Gasteiger partial charge in [-0.3, -0.25) is 9.69 Å². The summed E-state index contributed by atoms with van der Waals surface area (Å²) in [6.07, 6.45) is 1.11. The quantitative estimate of drug-likeness (QED) is 0.778. The van der Waals surface area contributed by atoms with Crippen molar-refractivity contribution in [2.75, 3.05) is 40.3 Å². The van der Waals surface area contributed by atoms with Crippen LogP contribution in [0.15, 0.2) is 22.7 Å². The number of methoxy groups -OCH3 is 1. The fraction of sp³-hybridized carbons (Fsp3) is 0.562. The first-order valence-corrected chi connectivity index (χ1v) is 8.10. The average molecular weight is 355 g/mol. The lowest BCUT2D eigenvalue weighted by atomic mass is 10.1. The summed E-state index contributed by atoms with van der Waals surface area (Å²) in [7, 11) is 3.76. The van der Waals surface area contributed by atoms with E-state index in [-0.39, 0.29) is 5.78 Å². The molecule has 1 aliphatic heterocycles. The normalized spacial score (nSPS) is 21.0. The van der Waals surface area contributed by atoms with Crippen LogP contribution < -0.4 is 4.74 Å². The molecule has 0 amide bonds. The molecular weight excluding hydrogens is 332 g/mol. The molecule has 0 aromatic heterocycles. The van der Waals surface area contributed by atoms with E-state index in [1.54, 1.807) is 7.11 Å². The first-order chi connectivity index (χ1) is 10.0. The number of carbonyl (C=O) groups excluding carboxylic acids is 1. The molecule has 21 heavy (non-hydrogen) atoms. The van der Waals surface area contributed by atoms with Gasteiger partial charge >= 0.3 is 0 Å². The van der Waals surface area contributed by atoms with Gasteiger partial charge in [0.2, 0.25) is 0 Å². The molecule has 116 valence electrons. The van der Waals surface area contributed by atoms with E-state index < -0.39 is 0 Å². The lowest BCUT2D eigenvalue weighted by Gasteiger charge is -2.27. The smallest absolute Gasteiger partial charge is 0.176 e. The van der Waals surface area contributed by atoms with E-state index in [9.17, 15) is 4.79 Å². The molecule has 2 rings (SSSR count). The summed E-state index contributed by atoms with van der Waals surface area (Å²) < 4.78 is 6.02. The van der Waals surface area contributed by atoms with Crippen molar-refractivity contribution < 1.29 is 9.53 Å². The molecule has 0 spiro atoms. The zero-order chi connectivity index (χ0) is 15.4. The van der Waals surface area contributed by atoms with Crippen molar-refractivity contribution in [3.63, 3.8) is 0 Å². The van der Waals surface area contributed by atoms with Gasteiger partial charge in [-0.1, -0.05) is 0 Å². The Balaban J connectivity index is 2.05. The van der Waals surface area contributed by atoms with Crippen LogP contribution in [0.3, 0.4) is 0 Å². The Bertz CT molecular complexity index is 507. The number of halogens is 1. The van der Waals surface area contributed by atoms with Crippen LogP contribution in [0.25, 0.3) is 0 Å². The maximum atomic E-state index is 12.5. The van der Waals surface area contributed by atoms with Crippen LogP contribution in [0.5, 0.6) is 5.75 Å². The van der Waals surface area contributed by atoms with Crippen LogP contribution >= 0.6 is 15.9 Å². The standard InChI is InChI=1S/C16H23BrN2O2/c1-12-10-18(2)7-4-8-19(12)11-15(20)13-5-6-16(21-3)14(17)9-13/h5-6,9,12H,4,7-8,10-11H2,1-3H3. The molecule has 0 aliphatic carbocycles. The summed E-state index contributed by atoms with van der Waals surface area (Å²) in [6.45, 7) is 5.77. The molecule has 5 heteroatoms. The van der Waals surface area contributed by atoms with Crippen molar-refractivity contribution >= 4 is 21.7 Å². The minimum atomic E-state index is 0.162. The van der Waals surface area contributed by atoms with Gasteiger partial charge in [-0.15, -0.1) is 0 Å². The van der Waals surface area contributed by atoms with Gasteiger partial charge in [0.05, 0.1) is 18.1 Å². The van der Waals surface area contributed by atoms with Crippen molar-refractivity contribution in [3.8, 4) is 5.75 Å². The summed E-state index contributed by atoms with van der Waals surface area (Å²) in [5.74, 6) is 0.908. The van der Waals surface area contributed by atoms with Crippen molar-refractivity contribution in [2.45, 2.75) is 19.4 Å². The molecule has 1 fully saturated rings. The number of ketones is 1. The third-order valence-corrected chi connectivity index (χ3v) is 4.62. The number of benzene rings is 1. The highest BCUT2D eigenvalue weighted by Crippen LogP contribution is 2.26. The second-order valence-corrected chi connectivity index (χ2v) is 6.56. The van der Waals surface area contributed by atoms with Gasteiger partial charge in [-0.2, -0.15) is 0 Å². The summed E-state index contributed by atoms with van der Waals surface area (Å²) in [5.41, 5.74) is 0.729. The Labute approximate surface area is 135 Å². The maximum absolute atomic E-state index is 12.5. The van der Waals surface area contributed by atoms with Crippen molar-refractivity contribution in [1.29, 1.82) is 0 Å². The number of carbonyl (C=O) groups is 1. The van der Waals surface area contributed by atoms with E-state index in [4.69, 9.17) is 4.74 Å². The molecule has 0 bridgehead atoms. The van der Waals surface area contributed by atoms with Crippen LogP contribution in [0.1, 0.15) is 23.7 Å². The van der Waals surface area contributed by atoms with E-state index in [1.165, 1.54) is 0 Å². The second-order valence-electron chi connectivity index (χ2n) is 5.71. The first kappa shape index (κ1) is 16.5. The predicted molar refractivity (Wildman–Crippen MR) is 88.2 cm³/mol. The van der Waals surface area contributed by atoms with Gasteiger partial charge in [0.25, 0.3) is 0 Å². The monoisotopic (exact) mass is 354 g/mol. The molecule has 1 heterocycles. The van der Waals surface area contributed by atoms with Crippen LogP contribution in [-0.4, -0.2) is 62.0 Å². The molecule has 1 unspecified atom stereocenters. The van der Waals surface area contributed by atoms with Gasteiger partial charge in [0.1, 0.15) is 5.75 Å². The lowest BCUT2D eigenvalue weighted by molar-refractivity contribution is 0.0900. The van der Waals surface area contributed by atoms with Gasteiger partial charge in [-0.05, 0) is 61.1 Å². The predicted octanol–water partition coefficient (Wildman–Crippen LogP) is 2.67. The van der Waals surface area contributed by atoms with Gasteiger partial charge < -0.3 is 9.64 Å². The third-order valence-electron chi connectivity index (χ3n) is 4.00. The number of rotatable bonds is 4. The molecular formula is C16H23BrN2O2. The van der Waals surface area contributed by atoms with Gasteiger partial charge in [0, 0.05) is 24.7 Å². The average Bonchev–Trinajstić information content (AvgIpc) is 2.60. The van der Waals surface area contributed by atoms with Crippen LogP contribution in [0.4, 0.5) is 0 Å². The molecule has 1 aliphatic rings. The van der Waals surface area contributed by atoms with Crippen LogP contribution in [0, 0.1) is 0 Å². The Morgan fingerprint density at radius 2 is 2.19 bits per heavy atom. The number of ether oxygens (including phenoxy) is 1. The molecule has 1 aromatic carbocycles. The fourth-order valence-corrected chi connectivity index (χ4v) is 3.31. The largest absolute Gasteiger partial charge is 0.496 e. The second kappa shape index (κ2) is 7.38. The van der Waals surface area contributed by atoms with Crippen LogP contribution in [0.2, 0.25) is 0 Å². The van der Waals surface area contributed by atoms with Gasteiger partial charge in [0.15, 0.2) is 5.78 Å². The highest BCUT2D eigenvalue weighted by molar-refractivity contribution is 9.10. The molecule has 0 radical (unpaired) electrons. The minimum Gasteiger partial charge on any atom is -0.496 e. The number of hydrogen-bond acceptors (Lipinski definition) is 4. The Hall–Kier alpha value is -0.910. The number of Topliss-reactive ketones (excluding diaryl/α,β-unsaturated/α-hetero) is 1. The molecule has 4 nitrogen and oxygen atoms in total. The number of likely N-dealkylation sites (N-methyl/N-ethyl adjacent to an activating group) is 1. The molecule has 1 saturated heterocycles. The molecule has 1 atom stereocenters. The van der Waals surface area contributed by atoms with Gasteiger partial charge in [-0.25, -0.2) is 0 Å². The highest BCUT2D eigenvalue weighted by atomic mass is 79.9. The van der Waals surface area contributed by atoms with E-state index in [2.05, 4.69) is 39.7 Å². The SMILES string of the molecule is COc1ccc(C(=O)CN2CCCN(C)CC2C)cc1Br.